The van der Waals surface area contributed by atoms with Crippen molar-refractivity contribution in [2.45, 2.75) is 26.3 Å². The molecule has 0 saturated heterocycles. The quantitative estimate of drug-likeness (QED) is 0.219. The van der Waals surface area contributed by atoms with Crippen molar-refractivity contribution in [3.8, 4) is 11.5 Å². The van der Waals surface area contributed by atoms with Gasteiger partial charge in [-0.15, -0.1) is 35.3 Å². The summed E-state index contributed by atoms with van der Waals surface area (Å²) in [4.78, 5) is 9.03. The average molecular weight is 552 g/mol. The lowest BCUT2D eigenvalue weighted by Gasteiger charge is -2.14. The normalized spacial score (nSPS) is 10.9. The molecule has 3 rings (SSSR count). The van der Waals surface area contributed by atoms with E-state index >= 15 is 0 Å². The molecule has 31 heavy (non-hydrogen) atoms. The summed E-state index contributed by atoms with van der Waals surface area (Å²) in [5.74, 6) is 2.07. The Bertz CT molecular complexity index is 963. The number of hydrogen-bond donors (Lipinski definition) is 2. The summed E-state index contributed by atoms with van der Waals surface area (Å²) in [7, 11) is 3.38. The molecular weight excluding hydrogens is 523 g/mol. The zero-order valence-electron chi connectivity index (χ0n) is 18.1. The Balaban J connectivity index is 0.00000341. The van der Waals surface area contributed by atoms with Crippen LogP contribution in [0.15, 0.2) is 58.9 Å². The SMILES string of the molecule is CCOc1cc(NC(=NC)NCc2csc(CCc3ccccc3)n2)ccc1OC.I. The molecule has 0 radical (unpaired) electrons. The van der Waals surface area contributed by atoms with E-state index in [-0.39, 0.29) is 24.0 Å². The standard InChI is InChI=1S/C23H28N4O2S.HI/c1-4-29-21-14-18(11-12-20(21)28-3)27-23(24-2)25-15-19-16-30-22(26-19)13-10-17-8-6-5-7-9-17;/h5-9,11-12,14,16H,4,10,13,15H2,1-3H3,(H2,24,25,27);1H. The van der Waals surface area contributed by atoms with E-state index in [1.807, 2.05) is 31.2 Å². The summed E-state index contributed by atoms with van der Waals surface area (Å²) >= 11 is 1.70. The minimum atomic E-state index is 0. The number of nitrogens with zero attached hydrogens (tertiary/aromatic N) is 2. The molecule has 0 atom stereocenters. The van der Waals surface area contributed by atoms with Gasteiger partial charge in [-0.25, -0.2) is 4.98 Å². The number of methoxy groups -OCH3 is 1. The van der Waals surface area contributed by atoms with Crippen molar-refractivity contribution < 1.29 is 9.47 Å². The Morgan fingerprint density at radius 3 is 2.61 bits per heavy atom. The summed E-state index contributed by atoms with van der Waals surface area (Å²) in [5.41, 5.74) is 3.22. The number of thiazole rings is 1. The first kappa shape index (κ1) is 24.9. The Kier molecular flexibility index (Phi) is 10.6. The number of aryl methyl sites for hydroxylation is 2. The fraction of sp³-hybridized carbons (Fsp3) is 0.304. The average Bonchev–Trinajstić information content (AvgIpc) is 3.24. The molecule has 2 aromatic carbocycles. The highest BCUT2D eigenvalue weighted by atomic mass is 127. The lowest BCUT2D eigenvalue weighted by atomic mass is 10.1. The topological polar surface area (TPSA) is 67.8 Å². The lowest BCUT2D eigenvalue weighted by molar-refractivity contribution is 0.311. The van der Waals surface area contributed by atoms with Gasteiger partial charge in [0.15, 0.2) is 17.5 Å². The molecule has 6 nitrogen and oxygen atoms in total. The van der Waals surface area contributed by atoms with Crippen molar-refractivity contribution in [2.24, 2.45) is 4.99 Å². The van der Waals surface area contributed by atoms with E-state index in [0.29, 0.717) is 30.6 Å². The van der Waals surface area contributed by atoms with Gasteiger partial charge in [-0.05, 0) is 31.0 Å². The minimum Gasteiger partial charge on any atom is -0.493 e. The zero-order chi connectivity index (χ0) is 21.2. The number of aromatic nitrogens is 1. The summed E-state index contributed by atoms with van der Waals surface area (Å²) in [6.45, 7) is 3.13. The smallest absolute Gasteiger partial charge is 0.195 e. The van der Waals surface area contributed by atoms with E-state index in [4.69, 9.17) is 14.5 Å². The van der Waals surface area contributed by atoms with Gasteiger partial charge in [0.05, 0.1) is 31.0 Å². The molecule has 0 amide bonds. The largest absolute Gasteiger partial charge is 0.493 e. The van der Waals surface area contributed by atoms with Gasteiger partial charge in [0, 0.05) is 30.6 Å². The summed E-state index contributed by atoms with van der Waals surface area (Å²) in [6.07, 6.45) is 1.96. The molecule has 0 unspecified atom stereocenters. The number of hydrogen-bond acceptors (Lipinski definition) is 5. The molecule has 0 fully saturated rings. The molecule has 0 spiro atoms. The van der Waals surface area contributed by atoms with Gasteiger partial charge in [-0.2, -0.15) is 0 Å². The molecule has 0 aliphatic heterocycles. The van der Waals surface area contributed by atoms with Crippen LogP contribution in [0, 0.1) is 0 Å². The molecule has 0 saturated carbocycles. The van der Waals surface area contributed by atoms with Crippen molar-refractivity contribution >= 4 is 47.0 Å². The number of anilines is 1. The second-order valence-electron chi connectivity index (χ2n) is 6.57. The first-order valence-electron chi connectivity index (χ1n) is 9.97. The number of rotatable bonds is 9. The number of nitrogens with one attached hydrogen (secondary N) is 2. The number of ether oxygens (including phenoxy) is 2. The van der Waals surface area contributed by atoms with Crippen LogP contribution in [-0.4, -0.2) is 31.7 Å². The Morgan fingerprint density at radius 2 is 1.90 bits per heavy atom. The van der Waals surface area contributed by atoms with Crippen LogP contribution in [-0.2, 0) is 19.4 Å². The molecule has 2 N–H and O–H groups in total. The maximum atomic E-state index is 5.64. The van der Waals surface area contributed by atoms with Gasteiger partial charge >= 0.3 is 0 Å². The van der Waals surface area contributed by atoms with Crippen LogP contribution in [0.4, 0.5) is 5.69 Å². The van der Waals surface area contributed by atoms with Crippen LogP contribution in [0.2, 0.25) is 0 Å². The fourth-order valence-corrected chi connectivity index (χ4v) is 3.75. The third-order valence-corrected chi connectivity index (χ3v) is 5.41. The Labute approximate surface area is 205 Å². The highest BCUT2D eigenvalue weighted by molar-refractivity contribution is 14.0. The molecule has 0 aliphatic rings. The van der Waals surface area contributed by atoms with E-state index in [1.54, 1.807) is 25.5 Å². The second-order valence-corrected chi connectivity index (χ2v) is 7.51. The van der Waals surface area contributed by atoms with Crippen LogP contribution in [0.3, 0.4) is 0 Å². The molecule has 0 bridgehead atoms. The predicted octanol–water partition coefficient (Wildman–Crippen LogP) is 5.14. The summed E-state index contributed by atoms with van der Waals surface area (Å²) in [5, 5.41) is 9.84. The second kappa shape index (κ2) is 13.2. The van der Waals surface area contributed by atoms with Gasteiger partial charge in [-0.3, -0.25) is 4.99 Å². The molecule has 1 aromatic heterocycles. The third kappa shape index (κ3) is 7.70. The summed E-state index contributed by atoms with van der Waals surface area (Å²) in [6, 6.07) is 16.2. The summed E-state index contributed by atoms with van der Waals surface area (Å²) < 4.78 is 11.0. The van der Waals surface area contributed by atoms with Crippen molar-refractivity contribution in [1.29, 1.82) is 0 Å². The van der Waals surface area contributed by atoms with Gasteiger partial charge in [0.25, 0.3) is 0 Å². The lowest BCUT2D eigenvalue weighted by Crippen LogP contribution is -2.30. The van der Waals surface area contributed by atoms with E-state index in [2.05, 4.69) is 45.3 Å². The number of aliphatic imine (C=N–C) groups is 1. The molecule has 0 aliphatic carbocycles. The van der Waals surface area contributed by atoms with Crippen molar-refractivity contribution in [3.63, 3.8) is 0 Å². The van der Waals surface area contributed by atoms with Crippen molar-refractivity contribution in [2.75, 3.05) is 26.1 Å². The van der Waals surface area contributed by atoms with Crippen LogP contribution in [0.25, 0.3) is 0 Å². The Hall–Kier alpha value is -2.33. The van der Waals surface area contributed by atoms with Crippen molar-refractivity contribution in [1.82, 2.24) is 10.3 Å². The van der Waals surface area contributed by atoms with E-state index in [1.165, 1.54) is 5.56 Å². The van der Waals surface area contributed by atoms with Gasteiger partial charge in [0.1, 0.15) is 0 Å². The first-order chi connectivity index (χ1) is 14.7. The van der Waals surface area contributed by atoms with Crippen molar-refractivity contribution in [3.05, 3.63) is 70.2 Å². The zero-order valence-corrected chi connectivity index (χ0v) is 21.2. The molecule has 1 heterocycles. The number of guanidine groups is 1. The number of halogens is 1. The van der Waals surface area contributed by atoms with E-state index in [9.17, 15) is 0 Å². The van der Waals surface area contributed by atoms with Crippen LogP contribution in [0.5, 0.6) is 11.5 Å². The van der Waals surface area contributed by atoms with Gasteiger partial charge < -0.3 is 20.1 Å². The van der Waals surface area contributed by atoms with Crippen LogP contribution in [0.1, 0.15) is 23.2 Å². The maximum Gasteiger partial charge on any atom is 0.195 e. The van der Waals surface area contributed by atoms with Crippen LogP contribution >= 0.6 is 35.3 Å². The molecule has 3 aromatic rings. The first-order valence-corrected chi connectivity index (χ1v) is 10.9. The molecule has 8 heteroatoms. The van der Waals surface area contributed by atoms with E-state index < -0.39 is 0 Å². The third-order valence-electron chi connectivity index (χ3n) is 4.46. The minimum absolute atomic E-state index is 0. The number of benzene rings is 2. The highest BCUT2D eigenvalue weighted by Gasteiger charge is 2.08. The van der Waals surface area contributed by atoms with Crippen LogP contribution < -0.4 is 20.1 Å². The molecular formula is C23H29IN4O2S. The molecule has 166 valence electrons. The predicted molar refractivity (Wildman–Crippen MR) is 139 cm³/mol. The monoisotopic (exact) mass is 552 g/mol. The van der Waals surface area contributed by atoms with Gasteiger partial charge in [-0.1, -0.05) is 30.3 Å². The van der Waals surface area contributed by atoms with Gasteiger partial charge in [0.2, 0.25) is 0 Å². The maximum absolute atomic E-state index is 5.64. The Morgan fingerprint density at radius 1 is 1.10 bits per heavy atom. The fourth-order valence-electron chi connectivity index (χ4n) is 2.95. The van der Waals surface area contributed by atoms with E-state index in [0.717, 1.165) is 29.2 Å². The highest BCUT2D eigenvalue weighted by Crippen LogP contribution is 2.30.